The third kappa shape index (κ3) is 5.00. The van der Waals surface area contributed by atoms with E-state index >= 15 is 0 Å². The molecule has 7 nitrogen and oxygen atoms in total. The van der Waals surface area contributed by atoms with Gasteiger partial charge in [0.05, 0.1) is 11.8 Å². The Morgan fingerprint density at radius 3 is 2.48 bits per heavy atom. The predicted molar refractivity (Wildman–Crippen MR) is 113 cm³/mol. The topological polar surface area (TPSA) is 102 Å². The van der Waals surface area contributed by atoms with E-state index in [1.54, 1.807) is 0 Å². The molecule has 1 aromatic heterocycles. The fourth-order valence-corrected chi connectivity index (χ4v) is 3.60. The molecule has 2 unspecified atom stereocenters. The molecule has 0 aliphatic carbocycles. The Balaban J connectivity index is 1.31. The number of carbonyl (C=O) groups excluding carboxylic acids is 2. The first-order chi connectivity index (χ1) is 15.0. The first-order valence-corrected chi connectivity index (χ1v) is 10.3. The molecule has 1 amide bonds. The van der Waals surface area contributed by atoms with Gasteiger partial charge >= 0.3 is 12.1 Å². The van der Waals surface area contributed by atoms with E-state index in [1.807, 2.05) is 61.5 Å². The monoisotopic (exact) mass is 420 g/mol. The molecule has 31 heavy (non-hydrogen) atoms. The van der Waals surface area contributed by atoms with Crippen LogP contribution in [-0.4, -0.2) is 28.2 Å². The van der Waals surface area contributed by atoms with E-state index in [4.69, 9.17) is 4.42 Å². The zero-order valence-corrected chi connectivity index (χ0v) is 17.2. The van der Waals surface area contributed by atoms with Crippen molar-refractivity contribution < 1.29 is 23.8 Å². The first kappa shape index (κ1) is 20.8. The molecule has 160 valence electrons. The maximum absolute atomic E-state index is 11.5. The Morgan fingerprint density at radius 2 is 1.81 bits per heavy atom. The lowest BCUT2D eigenvalue weighted by atomic mass is 9.99. The van der Waals surface area contributed by atoms with Crippen molar-refractivity contribution in [2.24, 2.45) is 0 Å². The molecule has 4 rings (SSSR count). The summed E-state index contributed by atoms with van der Waals surface area (Å²) < 4.78 is 10.3. The fourth-order valence-electron chi connectivity index (χ4n) is 3.60. The normalized spacial score (nSPS) is 16.8. The van der Waals surface area contributed by atoms with Gasteiger partial charge in [0.25, 0.3) is 0 Å². The summed E-state index contributed by atoms with van der Waals surface area (Å²) in [5.74, 6) is 0.823. The average Bonchev–Trinajstić information content (AvgIpc) is 3.32. The molecule has 1 aliphatic heterocycles. The Labute approximate surface area is 180 Å². The number of aryl methyl sites for hydroxylation is 3. The number of ether oxygens (including phenoxy) is 1. The number of nitrogens with one attached hydrogen (secondary N) is 1. The van der Waals surface area contributed by atoms with Crippen LogP contribution in [0.1, 0.15) is 41.5 Å². The minimum atomic E-state index is -0.688. The molecule has 1 saturated heterocycles. The van der Waals surface area contributed by atoms with Gasteiger partial charge in [0.15, 0.2) is 0 Å². The van der Waals surface area contributed by atoms with Gasteiger partial charge in [0, 0.05) is 5.56 Å². The highest BCUT2D eigenvalue weighted by molar-refractivity contribution is 5.95. The maximum Gasteiger partial charge on any atom is 0.415 e. The van der Waals surface area contributed by atoms with Gasteiger partial charge < -0.3 is 19.6 Å². The Bertz CT molecular complexity index is 1060. The van der Waals surface area contributed by atoms with Gasteiger partial charge in [-0.2, -0.15) is 0 Å². The lowest BCUT2D eigenvalue weighted by Crippen LogP contribution is -2.29. The third-order valence-electron chi connectivity index (χ3n) is 5.42. The second-order valence-electron chi connectivity index (χ2n) is 7.63. The van der Waals surface area contributed by atoms with E-state index < -0.39 is 24.2 Å². The van der Waals surface area contributed by atoms with Gasteiger partial charge in [-0.05, 0) is 55.9 Å². The van der Waals surface area contributed by atoms with Gasteiger partial charge in [-0.25, -0.2) is 14.6 Å². The van der Waals surface area contributed by atoms with Crippen LogP contribution in [-0.2, 0) is 22.4 Å². The number of rotatable bonds is 8. The molecule has 0 saturated carbocycles. The molecule has 2 N–H and O–H groups in total. The molecule has 0 radical (unpaired) electrons. The molecule has 2 aromatic carbocycles. The number of oxazole rings is 1. The largest absolute Gasteiger partial charge is 0.441 e. The lowest BCUT2D eigenvalue weighted by Gasteiger charge is -2.11. The van der Waals surface area contributed by atoms with Gasteiger partial charge in [0.2, 0.25) is 5.89 Å². The van der Waals surface area contributed by atoms with E-state index in [1.165, 1.54) is 0 Å². The van der Waals surface area contributed by atoms with Crippen LogP contribution in [0.25, 0.3) is 11.5 Å². The summed E-state index contributed by atoms with van der Waals surface area (Å²) in [6.45, 7) is 1.89. The number of cyclic esters (lactones) is 2. The standard InChI is InChI=1S/C24H24N2O5/c1-15-19(25-22(30-15)18-5-3-2-4-6-18)13-14-21(27)17-10-7-16(8-11-17)9-12-20-23(28)31-24(29)26-20/h2-8,10-11,20-21,27H,9,12-14H2,1H3,(H,26,29). The highest BCUT2D eigenvalue weighted by atomic mass is 16.6. The van der Waals surface area contributed by atoms with E-state index in [-0.39, 0.29) is 0 Å². The molecule has 1 aliphatic rings. The number of benzene rings is 2. The first-order valence-electron chi connectivity index (χ1n) is 10.3. The van der Waals surface area contributed by atoms with E-state index in [2.05, 4.69) is 15.0 Å². The molecule has 7 heteroatoms. The summed E-state index contributed by atoms with van der Waals surface area (Å²) in [5, 5.41) is 13.1. The second kappa shape index (κ2) is 9.14. The highest BCUT2D eigenvalue weighted by Crippen LogP contribution is 2.25. The highest BCUT2D eigenvalue weighted by Gasteiger charge is 2.31. The molecule has 2 heterocycles. The second-order valence-corrected chi connectivity index (χ2v) is 7.63. The van der Waals surface area contributed by atoms with E-state index in [0.29, 0.717) is 31.6 Å². The van der Waals surface area contributed by atoms with Crippen molar-refractivity contribution in [2.45, 2.75) is 44.8 Å². The Hall–Kier alpha value is -3.45. The van der Waals surface area contributed by atoms with Gasteiger partial charge in [-0.3, -0.25) is 0 Å². The van der Waals surface area contributed by atoms with E-state index in [9.17, 15) is 14.7 Å². The van der Waals surface area contributed by atoms with Crippen molar-refractivity contribution in [3.05, 3.63) is 77.2 Å². The summed E-state index contributed by atoms with van der Waals surface area (Å²) in [4.78, 5) is 27.1. The summed E-state index contributed by atoms with van der Waals surface area (Å²) in [7, 11) is 0. The molecule has 2 atom stereocenters. The van der Waals surface area contributed by atoms with Crippen LogP contribution < -0.4 is 5.32 Å². The fraction of sp³-hybridized carbons (Fsp3) is 0.292. The minimum absolute atomic E-state index is 0.474. The predicted octanol–water partition coefficient (Wildman–Crippen LogP) is 3.88. The van der Waals surface area contributed by atoms with Crippen molar-refractivity contribution >= 4 is 12.1 Å². The van der Waals surface area contributed by atoms with Crippen molar-refractivity contribution in [3.63, 3.8) is 0 Å². The van der Waals surface area contributed by atoms with Crippen molar-refractivity contribution in [2.75, 3.05) is 0 Å². The zero-order valence-electron chi connectivity index (χ0n) is 17.2. The quantitative estimate of drug-likeness (QED) is 0.424. The lowest BCUT2D eigenvalue weighted by molar-refractivity contribution is -0.135. The number of aromatic nitrogens is 1. The van der Waals surface area contributed by atoms with Crippen molar-refractivity contribution in [3.8, 4) is 11.5 Å². The molecule has 0 spiro atoms. The van der Waals surface area contributed by atoms with Crippen LogP contribution in [0.4, 0.5) is 4.79 Å². The number of nitrogens with zero attached hydrogens (tertiary/aromatic N) is 1. The number of hydrogen-bond acceptors (Lipinski definition) is 6. The smallest absolute Gasteiger partial charge is 0.415 e. The van der Waals surface area contributed by atoms with Crippen LogP contribution in [0.3, 0.4) is 0 Å². The summed E-state index contributed by atoms with van der Waals surface area (Å²) in [6, 6.07) is 16.8. The number of amides is 1. The number of aliphatic hydroxyl groups is 1. The average molecular weight is 420 g/mol. The molecule has 0 bridgehead atoms. The van der Waals surface area contributed by atoms with Crippen LogP contribution >= 0.6 is 0 Å². The molecule has 1 fully saturated rings. The number of hydrogen-bond donors (Lipinski definition) is 2. The van der Waals surface area contributed by atoms with Crippen LogP contribution in [0.15, 0.2) is 59.0 Å². The van der Waals surface area contributed by atoms with Crippen LogP contribution in [0.2, 0.25) is 0 Å². The van der Waals surface area contributed by atoms with Crippen LogP contribution in [0, 0.1) is 6.92 Å². The van der Waals surface area contributed by atoms with Gasteiger partial charge in [-0.1, -0.05) is 42.5 Å². The summed E-state index contributed by atoms with van der Waals surface area (Å²) in [6.07, 6.45) is 0.926. The number of esters is 1. The molecule has 3 aromatic rings. The number of carbonyl (C=O) groups is 2. The SMILES string of the molecule is Cc1oc(-c2ccccc2)nc1CCC(O)c1ccc(CCC2NC(=O)OC2=O)cc1. The third-order valence-corrected chi connectivity index (χ3v) is 5.42. The maximum atomic E-state index is 11.5. The number of aliphatic hydroxyl groups excluding tert-OH is 1. The van der Waals surface area contributed by atoms with E-state index in [0.717, 1.165) is 28.1 Å². The Kier molecular flexibility index (Phi) is 6.13. The summed E-state index contributed by atoms with van der Waals surface area (Å²) in [5.41, 5.74) is 3.62. The zero-order chi connectivity index (χ0) is 21.8. The van der Waals surface area contributed by atoms with Crippen molar-refractivity contribution in [1.82, 2.24) is 10.3 Å². The van der Waals surface area contributed by atoms with Gasteiger partial charge in [0.1, 0.15) is 11.8 Å². The number of alkyl carbamates (subject to hydrolysis) is 1. The van der Waals surface area contributed by atoms with Gasteiger partial charge in [-0.15, -0.1) is 0 Å². The van der Waals surface area contributed by atoms with Crippen molar-refractivity contribution in [1.29, 1.82) is 0 Å². The molecular weight excluding hydrogens is 396 g/mol. The Morgan fingerprint density at radius 1 is 1.06 bits per heavy atom. The van der Waals surface area contributed by atoms with Crippen LogP contribution in [0.5, 0.6) is 0 Å². The minimum Gasteiger partial charge on any atom is -0.441 e. The molecular formula is C24H24N2O5. The summed E-state index contributed by atoms with van der Waals surface area (Å²) >= 11 is 0.